The minimum Gasteiger partial charge on any atom is -0.340 e. The van der Waals surface area contributed by atoms with Gasteiger partial charge in [0.05, 0.1) is 6.54 Å². The lowest BCUT2D eigenvalue weighted by atomic mass is 10.2. The molecule has 2 rings (SSSR count). The van der Waals surface area contributed by atoms with Crippen LogP contribution in [0.4, 0.5) is 0 Å². The maximum Gasteiger partial charge on any atom is 0.164 e. The zero-order chi connectivity index (χ0) is 12.8. The Bertz CT molecular complexity index is 460. The standard InChI is InChI=1S/C15H21N3/c1-13(2)10-16-11-15-17-8-9-18(15)12-14-6-4-3-5-7-14/h3-9,13,16H,10-12H2,1-2H3/p+1. The van der Waals surface area contributed by atoms with Crippen molar-refractivity contribution in [2.45, 2.75) is 26.9 Å². The van der Waals surface area contributed by atoms with Crippen LogP contribution in [-0.2, 0) is 13.1 Å². The number of nitrogens with two attached hydrogens (primary N) is 1. The summed E-state index contributed by atoms with van der Waals surface area (Å²) in [6.45, 7) is 7.50. The molecule has 0 atom stereocenters. The number of benzene rings is 1. The zero-order valence-corrected chi connectivity index (χ0v) is 11.2. The number of imidazole rings is 1. The van der Waals surface area contributed by atoms with E-state index in [4.69, 9.17) is 0 Å². The minimum atomic E-state index is 0.725. The smallest absolute Gasteiger partial charge is 0.164 e. The Morgan fingerprint density at radius 2 is 2.00 bits per heavy atom. The summed E-state index contributed by atoms with van der Waals surface area (Å²) < 4.78 is 2.23. The molecule has 0 saturated carbocycles. The van der Waals surface area contributed by atoms with E-state index >= 15 is 0 Å². The first-order valence-electron chi connectivity index (χ1n) is 6.61. The predicted octanol–water partition coefficient (Wildman–Crippen LogP) is 1.65. The fraction of sp³-hybridized carbons (Fsp3) is 0.400. The molecule has 0 aliphatic heterocycles. The van der Waals surface area contributed by atoms with Crippen LogP contribution in [0.15, 0.2) is 42.7 Å². The van der Waals surface area contributed by atoms with E-state index in [-0.39, 0.29) is 0 Å². The first-order valence-corrected chi connectivity index (χ1v) is 6.61. The molecule has 1 aromatic heterocycles. The van der Waals surface area contributed by atoms with Crippen LogP contribution >= 0.6 is 0 Å². The monoisotopic (exact) mass is 244 g/mol. The largest absolute Gasteiger partial charge is 0.340 e. The van der Waals surface area contributed by atoms with Gasteiger partial charge in [-0.1, -0.05) is 44.2 Å². The number of nitrogens with zero attached hydrogens (tertiary/aromatic N) is 2. The minimum absolute atomic E-state index is 0.725. The third kappa shape index (κ3) is 3.70. The molecule has 1 heterocycles. The van der Waals surface area contributed by atoms with Gasteiger partial charge in [-0.25, -0.2) is 4.98 Å². The summed E-state index contributed by atoms with van der Waals surface area (Å²) in [4.78, 5) is 4.44. The average molecular weight is 244 g/mol. The van der Waals surface area contributed by atoms with Gasteiger partial charge < -0.3 is 9.88 Å². The van der Waals surface area contributed by atoms with Crippen molar-refractivity contribution in [2.24, 2.45) is 5.92 Å². The van der Waals surface area contributed by atoms with Gasteiger partial charge in [0, 0.05) is 24.9 Å². The van der Waals surface area contributed by atoms with Gasteiger partial charge in [0.2, 0.25) is 0 Å². The quantitative estimate of drug-likeness (QED) is 0.824. The van der Waals surface area contributed by atoms with Crippen LogP contribution in [0.25, 0.3) is 0 Å². The van der Waals surface area contributed by atoms with Gasteiger partial charge >= 0.3 is 0 Å². The summed E-state index contributed by atoms with van der Waals surface area (Å²) in [5.41, 5.74) is 1.32. The second-order valence-corrected chi connectivity index (χ2v) is 5.08. The molecule has 96 valence electrons. The summed E-state index contributed by atoms with van der Waals surface area (Å²) in [7, 11) is 0. The Balaban J connectivity index is 1.95. The van der Waals surface area contributed by atoms with Crippen molar-refractivity contribution in [3.63, 3.8) is 0 Å². The van der Waals surface area contributed by atoms with Gasteiger partial charge in [0.25, 0.3) is 0 Å². The van der Waals surface area contributed by atoms with Crippen LogP contribution in [0.3, 0.4) is 0 Å². The van der Waals surface area contributed by atoms with E-state index < -0.39 is 0 Å². The molecule has 2 aromatic rings. The fourth-order valence-electron chi connectivity index (χ4n) is 2.00. The molecule has 0 amide bonds. The highest BCUT2D eigenvalue weighted by Gasteiger charge is 2.05. The molecular formula is C15H22N3+. The summed E-state index contributed by atoms with van der Waals surface area (Å²) in [6.07, 6.45) is 3.95. The third-order valence-electron chi connectivity index (χ3n) is 2.96. The van der Waals surface area contributed by atoms with Gasteiger partial charge in [0.15, 0.2) is 5.82 Å². The van der Waals surface area contributed by atoms with E-state index in [0.717, 1.165) is 31.4 Å². The number of quaternary nitrogens is 1. The molecule has 0 radical (unpaired) electrons. The molecule has 0 saturated heterocycles. The molecule has 0 fully saturated rings. The number of rotatable bonds is 6. The lowest BCUT2D eigenvalue weighted by Gasteiger charge is -2.08. The van der Waals surface area contributed by atoms with Crippen molar-refractivity contribution in [1.29, 1.82) is 0 Å². The molecule has 0 bridgehead atoms. The molecule has 3 nitrogen and oxygen atoms in total. The van der Waals surface area contributed by atoms with Crippen molar-refractivity contribution in [3.05, 3.63) is 54.1 Å². The molecule has 0 spiro atoms. The first-order chi connectivity index (χ1) is 8.75. The van der Waals surface area contributed by atoms with E-state index in [1.54, 1.807) is 0 Å². The summed E-state index contributed by atoms with van der Waals surface area (Å²) in [5, 5.41) is 2.33. The lowest BCUT2D eigenvalue weighted by Crippen LogP contribution is -2.83. The van der Waals surface area contributed by atoms with Crippen LogP contribution in [0, 0.1) is 5.92 Å². The maximum atomic E-state index is 4.44. The van der Waals surface area contributed by atoms with E-state index in [2.05, 4.69) is 65.2 Å². The van der Waals surface area contributed by atoms with Crippen molar-refractivity contribution in [3.8, 4) is 0 Å². The Kier molecular flexibility index (Phi) is 4.53. The van der Waals surface area contributed by atoms with Crippen molar-refractivity contribution in [1.82, 2.24) is 9.55 Å². The molecule has 3 heteroatoms. The third-order valence-corrected chi connectivity index (χ3v) is 2.96. The molecule has 0 aliphatic carbocycles. The average Bonchev–Trinajstić information content (AvgIpc) is 2.78. The number of hydrogen-bond donors (Lipinski definition) is 1. The second-order valence-electron chi connectivity index (χ2n) is 5.08. The van der Waals surface area contributed by atoms with Gasteiger partial charge in [-0.05, 0) is 5.56 Å². The Hall–Kier alpha value is -1.61. The topological polar surface area (TPSA) is 34.4 Å². The van der Waals surface area contributed by atoms with Gasteiger partial charge in [-0.2, -0.15) is 0 Å². The van der Waals surface area contributed by atoms with Gasteiger partial charge in [-0.3, -0.25) is 0 Å². The summed E-state index contributed by atoms with van der Waals surface area (Å²) in [5.74, 6) is 1.88. The highest BCUT2D eigenvalue weighted by molar-refractivity contribution is 5.15. The van der Waals surface area contributed by atoms with Crippen molar-refractivity contribution < 1.29 is 5.32 Å². The highest BCUT2D eigenvalue weighted by atomic mass is 15.1. The van der Waals surface area contributed by atoms with Crippen LogP contribution in [0.5, 0.6) is 0 Å². The van der Waals surface area contributed by atoms with Crippen LogP contribution in [0.2, 0.25) is 0 Å². The molecular weight excluding hydrogens is 222 g/mol. The highest BCUT2D eigenvalue weighted by Crippen LogP contribution is 2.04. The molecule has 0 unspecified atom stereocenters. The van der Waals surface area contributed by atoms with Gasteiger partial charge in [-0.15, -0.1) is 0 Å². The van der Waals surface area contributed by atoms with Crippen molar-refractivity contribution >= 4 is 0 Å². The van der Waals surface area contributed by atoms with Crippen LogP contribution in [-0.4, -0.2) is 16.1 Å². The van der Waals surface area contributed by atoms with E-state index in [9.17, 15) is 0 Å². The van der Waals surface area contributed by atoms with Crippen molar-refractivity contribution in [2.75, 3.05) is 6.54 Å². The van der Waals surface area contributed by atoms with Crippen LogP contribution < -0.4 is 5.32 Å². The summed E-state index contributed by atoms with van der Waals surface area (Å²) >= 11 is 0. The van der Waals surface area contributed by atoms with Crippen LogP contribution in [0.1, 0.15) is 25.2 Å². The SMILES string of the molecule is CC(C)C[NH2+]Cc1nccn1Cc1ccccc1. The summed E-state index contributed by atoms with van der Waals surface area (Å²) in [6, 6.07) is 10.5. The Morgan fingerprint density at radius 1 is 1.22 bits per heavy atom. The lowest BCUT2D eigenvalue weighted by molar-refractivity contribution is -0.676. The number of hydrogen-bond acceptors (Lipinski definition) is 1. The van der Waals surface area contributed by atoms with E-state index in [1.165, 1.54) is 5.56 Å². The van der Waals surface area contributed by atoms with Gasteiger partial charge in [0.1, 0.15) is 6.54 Å². The molecule has 0 aliphatic rings. The molecule has 2 N–H and O–H groups in total. The zero-order valence-electron chi connectivity index (χ0n) is 11.2. The normalized spacial score (nSPS) is 11.1. The molecule has 1 aromatic carbocycles. The second kappa shape index (κ2) is 6.36. The number of aromatic nitrogens is 2. The Morgan fingerprint density at radius 3 is 2.72 bits per heavy atom. The fourth-order valence-corrected chi connectivity index (χ4v) is 2.00. The van der Waals surface area contributed by atoms with E-state index in [0.29, 0.717) is 0 Å². The predicted molar refractivity (Wildman–Crippen MR) is 73.1 cm³/mol. The first kappa shape index (κ1) is 12.8. The molecule has 18 heavy (non-hydrogen) atoms. The Labute approximate surface area is 109 Å². The van der Waals surface area contributed by atoms with E-state index in [1.807, 2.05) is 6.20 Å². The maximum absolute atomic E-state index is 4.44.